The first-order chi connectivity index (χ1) is 10.0. The molecule has 0 aliphatic heterocycles. The molecule has 1 unspecified atom stereocenters. The van der Waals surface area contributed by atoms with Crippen LogP contribution >= 0.6 is 15.9 Å². The number of nitrogens with one attached hydrogen (secondary N) is 1. The number of aliphatic carboxylic acids is 1. The normalized spacial score (nSPS) is 11.7. The fraction of sp³-hybridized carbons (Fsp3) is 0.429. The number of halogens is 1. The lowest BCUT2D eigenvalue weighted by Gasteiger charge is -2.11. The maximum Gasteiger partial charge on any atom is 0.334 e. The molecule has 116 valence electrons. The zero-order valence-corrected chi connectivity index (χ0v) is 13.3. The first-order valence-electron chi connectivity index (χ1n) is 6.43. The summed E-state index contributed by atoms with van der Waals surface area (Å²) in [6, 6.07) is 7.41. The molecule has 1 atom stereocenters. The number of carboxylic acids is 1. The van der Waals surface area contributed by atoms with E-state index in [1.54, 1.807) is 0 Å². The van der Waals surface area contributed by atoms with Gasteiger partial charge in [0.1, 0.15) is 5.75 Å². The van der Waals surface area contributed by atoms with Crippen molar-refractivity contribution in [2.75, 3.05) is 20.3 Å². The highest BCUT2D eigenvalue weighted by atomic mass is 79.9. The highest BCUT2D eigenvalue weighted by Crippen LogP contribution is 2.16. The van der Waals surface area contributed by atoms with Gasteiger partial charge in [0.05, 0.1) is 13.2 Å². The van der Waals surface area contributed by atoms with Gasteiger partial charge in [0, 0.05) is 18.0 Å². The van der Waals surface area contributed by atoms with Gasteiger partial charge in [0.15, 0.2) is 6.10 Å². The fourth-order valence-electron chi connectivity index (χ4n) is 1.52. The molecule has 0 spiro atoms. The lowest BCUT2D eigenvalue weighted by atomic mass is 10.3. The molecule has 0 aliphatic rings. The van der Waals surface area contributed by atoms with Crippen molar-refractivity contribution in [1.82, 2.24) is 5.32 Å². The van der Waals surface area contributed by atoms with Crippen molar-refractivity contribution in [3.63, 3.8) is 0 Å². The molecular weight excluding hydrogens is 342 g/mol. The highest BCUT2D eigenvalue weighted by Gasteiger charge is 2.16. The summed E-state index contributed by atoms with van der Waals surface area (Å²) in [7, 11) is 1.29. The number of amides is 1. The minimum absolute atomic E-state index is 0.0434. The Morgan fingerprint density at radius 2 is 2.00 bits per heavy atom. The Labute approximate surface area is 131 Å². The molecule has 1 rings (SSSR count). The Balaban J connectivity index is 2.16. The molecule has 0 saturated heterocycles. The molecule has 6 nitrogen and oxygen atoms in total. The summed E-state index contributed by atoms with van der Waals surface area (Å²) in [5.74, 6) is -0.585. The largest absolute Gasteiger partial charge is 0.494 e. The number of benzene rings is 1. The summed E-state index contributed by atoms with van der Waals surface area (Å²) in [6.07, 6.45) is -0.202. The Morgan fingerprint density at radius 1 is 1.33 bits per heavy atom. The van der Waals surface area contributed by atoms with E-state index in [1.807, 2.05) is 24.3 Å². The van der Waals surface area contributed by atoms with Crippen LogP contribution in [0.3, 0.4) is 0 Å². The summed E-state index contributed by atoms with van der Waals surface area (Å²) in [5.41, 5.74) is 0. The monoisotopic (exact) mass is 359 g/mol. The van der Waals surface area contributed by atoms with Gasteiger partial charge in [-0.15, -0.1) is 0 Å². The summed E-state index contributed by atoms with van der Waals surface area (Å²) in [6.45, 7) is 0.375. The molecule has 0 heterocycles. The van der Waals surface area contributed by atoms with Crippen LogP contribution in [0.4, 0.5) is 0 Å². The molecule has 2 N–H and O–H groups in total. The zero-order chi connectivity index (χ0) is 15.7. The molecule has 0 radical (unpaired) electrons. The lowest BCUT2D eigenvalue weighted by Crippen LogP contribution is -2.37. The summed E-state index contributed by atoms with van der Waals surface area (Å²) < 4.78 is 11.2. The molecule has 21 heavy (non-hydrogen) atoms. The summed E-state index contributed by atoms with van der Waals surface area (Å²) in [5, 5.41) is 11.3. The molecule has 0 bridgehead atoms. The van der Waals surface area contributed by atoms with Crippen LogP contribution in [0.2, 0.25) is 0 Å². The molecule has 1 amide bonds. The van der Waals surface area contributed by atoms with Gasteiger partial charge < -0.3 is 19.9 Å². The number of ether oxygens (including phenoxy) is 2. The lowest BCUT2D eigenvalue weighted by molar-refractivity contribution is -0.148. The molecule has 0 aliphatic carbocycles. The van der Waals surface area contributed by atoms with Crippen LogP contribution in [0.15, 0.2) is 28.7 Å². The van der Waals surface area contributed by atoms with Crippen molar-refractivity contribution in [2.45, 2.75) is 18.9 Å². The minimum Gasteiger partial charge on any atom is -0.494 e. The first kappa shape index (κ1) is 17.5. The highest BCUT2D eigenvalue weighted by molar-refractivity contribution is 9.10. The predicted octanol–water partition coefficient (Wildman–Crippen LogP) is 1.82. The van der Waals surface area contributed by atoms with Crippen LogP contribution in [0.5, 0.6) is 5.75 Å². The summed E-state index contributed by atoms with van der Waals surface area (Å²) in [4.78, 5) is 22.2. The Morgan fingerprint density at radius 3 is 2.57 bits per heavy atom. The van der Waals surface area contributed by atoms with Crippen LogP contribution in [0, 0.1) is 0 Å². The van der Waals surface area contributed by atoms with E-state index in [0.717, 1.165) is 10.2 Å². The van der Waals surface area contributed by atoms with E-state index >= 15 is 0 Å². The van der Waals surface area contributed by atoms with Gasteiger partial charge in [0.2, 0.25) is 5.91 Å². The number of carbonyl (C=O) groups is 2. The topological polar surface area (TPSA) is 84.9 Å². The van der Waals surface area contributed by atoms with E-state index in [4.69, 9.17) is 14.6 Å². The van der Waals surface area contributed by atoms with E-state index in [2.05, 4.69) is 21.2 Å². The van der Waals surface area contributed by atoms with E-state index in [-0.39, 0.29) is 18.9 Å². The van der Waals surface area contributed by atoms with E-state index in [0.29, 0.717) is 13.0 Å². The van der Waals surface area contributed by atoms with Gasteiger partial charge in [-0.2, -0.15) is 0 Å². The second-order valence-electron chi connectivity index (χ2n) is 4.27. The maximum absolute atomic E-state index is 11.5. The van der Waals surface area contributed by atoms with Gasteiger partial charge >= 0.3 is 5.97 Å². The molecule has 0 saturated carbocycles. The second kappa shape index (κ2) is 9.36. The number of rotatable bonds is 9. The Bertz CT molecular complexity index is 463. The van der Waals surface area contributed by atoms with Crippen molar-refractivity contribution in [1.29, 1.82) is 0 Å². The smallest absolute Gasteiger partial charge is 0.334 e. The van der Waals surface area contributed by atoms with Gasteiger partial charge in [-0.05, 0) is 30.7 Å². The van der Waals surface area contributed by atoms with Gasteiger partial charge in [0.25, 0.3) is 0 Å². The van der Waals surface area contributed by atoms with E-state index in [9.17, 15) is 9.59 Å². The zero-order valence-electron chi connectivity index (χ0n) is 11.7. The molecule has 0 fully saturated rings. The quantitative estimate of drug-likeness (QED) is 0.657. The van der Waals surface area contributed by atoms with Crippen LogP contribution in [-0.4, -0.2) is 43.3 Å². The fourth-order valence-corrected chi connectivity index (χ4v) is 1.78. The Kier molecular flexibility index (Phi) is 7.78. The van der Waals surface area contributed by atoms with Crippen molar-refractivity contribution in [3.05, 3.63) is 28.7 Å². The first-order valence-corrected chi connectivity index (χ1v) is 7.23. The average Bonchev–Trinajstić information content (AvgIpc) is 2.45. The maximum atomic E-state index is 11.5. The minimum atomic E-state index is -1.10. The number of hydrogen-bond donors (Lipinski definition) is 2. The SMILES string of the molecule is COC(CNC(=O)CCCOc1ccc(Br)cc1)C(=O)O. The van der Waals surface area contributed by atoms with Crippen LogP contribution in [0.25, 0.3) is 0 Å². The molecule has 1 aromatic rings. The van der Waals surface area contributed by atoms with Crippen molar-refractivity contribution < 1.29 is 24.2 Å². The van der Waals surface area contributed by atoms with Crippen molar-refractivity contribution in [2.24, 2.45) is 0 Å². The third-order valence-electron chi connectivity index (χ3n) is 2.68. The molecule has 7 heteroatoms. The molecule has 1 aromatic carbocycles. The van der Waals surface area contributed by atoms with Gasteiger partial charge in [-0.25, -0.2) is 4.79 Å². The number of hydrogen-bond acceptors (Lipinski definition) is 4. The number of carboxylic acid groups (broad SMARTS) is 1. The van der Waals surface area contributed by atoms with Crippen molar-refractivity contribution in [3.8, 4) is 5.75 Å². The standard InChI is InChI=1S/C14H18BrNO5/c1-20-12(14(18)19)9-16-13(17)3-2-8-21-11-6-4-10(15)5-7-11/h4-7,12H,2-3,8-9H2,1H3,(H,16,17)(H,18,19). The van der Waals surface area contributed by atoms with Crippen LogP contribution in [0.1, 0.15) is 12.8 Å². The van der Waals surface area contributed by atoms with E-state index in [1.165, 1.54) is 7.11 Å². The van der Waals surface area contributed by atoms with Crippen LogP contribution < -0.4 is 10.1 Å². The molecule has 0 aromatic heterocycles. The second-order valence-corrected chi connectivity index (χ2v) is 5.19. The number of methoxy groups -OCH3 is 1. The van der Waals surface area contributed by atoms with Gasteiger partial charge in [-0.3, -0.25) is 4.79 Å². The predicted molar refractivity (Wildman–Crippen MR) is 80.3 cm³/mol. The summed E-state index contributed by atoms with van der Waals surface area (Å²) >= 11 is 3.33. The van der Waals surface area contributed by atoms with Crippen LogP contribution in [-0.2, 0) is 14.3 Å². The average molecular weight is 360 g/mol. The number of carbonyl (C=O) groups excluding carboxylic acids is 1. The van der Waals surface area contributed by atoms with Crippen molar-refractivity contribution >= 4 is 27.8 Å². The Hall–Kier alpha value is -1.60. The van der Waals surface area contributed by atoms with Gasteiger partial charge in [-0.1, -0.05) is 15.9 Å². The van der Waals surface area contributed by atoms with E-state index < -0.39 is 12.1 Å². The third-order valence-corrected chi connectivity index (χ3v) is 3.20. The molecular formula is C14H18BrNO5. The third kappa shape index (κ3) is 7.10.